The van der Waals surface area contributed by atoms with E-state index < -0.39 is 69.8 Å². The Labute approximate surface area is 198 Å². The maximum atomic E-state index is 14.1. The first-order valence-corrected chi connectivity index (χ1v) is 9.20. The first kappa shape index (κ1) is 33.3. The Bertz CT molecular complexity index is 977. The zero-order valence-electron chi connectivity index (χ0n) is 16.3. The van der Waals surface area contributed by atoms with E-state index >= 15 is 0 Å². The third-order valence-corrected chi connectivity index (χ3v) is 5.36. The highest BCUT2D eigenvalue weighted by molar-refractivity contribution is 9.10. The van der Waals surface area contributed by atoms with Crippen molar-refractivity contribution in [2.24, 2.45) is 0 Å². The highest BCUT2D eigenvalue weighted by Crippen LogP contribution is 2.66. The molecule has 0 heterocycles. The summed E-state index contributed by atoms with van der Waals surface area (Å²) >= 11 is 2.24. The lowest BCUT2D eigenvalue weighted by molar-refractivity contribution is -0.470. The van der Waals surface area contributed by atoms with Crippen LogP contribution in [0.15, 0.2) is 28.7 Å². The summed E-state index contributed by atoms with van der Waals surface area (Å²) < 4.78 is 265. The van der Waals surface area contributed by atoms with E-state index in [1.807, 2.05) is 0 Å². The van der Waals surface area contributed by atoms with Gasteiger partial charge in [-0.1, -0.05) is 34.1 Å². The van der Waals surface area contributed by atoms with Gasteiger partial charge in [-0.05, 0) is 6.07 Å². The summed E-state index contributed by atoms with van der Waals surface area (Å²) in [7, 11) is 0. The van der Waals surface area contributed by atoms with Gasteiger partial charge in [-0.3, -0.25) is 0 Å². The minimum absolute atomic E-state index is 0.123. The normalized spacial score (nSPS) is 16.7. The number of benzene rings is 1. The van der Waals surface area contributed by atoms with E-state index in [4.69, 9.17) is 0 Å². The predicted molar refractivity (Wildman–Crippen MR) is 83.6 cm³/mol. The van der Waals surface area contributed by atoms with E-state index in [2.05, 4.69) is 15.9 Å². The minimum atomic E-state index is -9.04. The smallest absolute Gasteiger partial charge is 0.235 e. The zero-order valence-corrected chi connectivity index (χ0v) is 17.9. The van der Waals surface area contributed by atoms with Crippen LogP contribution in [0.3, 0.4) is 0 Å². The second kappa shape index (κ2) is 8.92. The molecule has 0 saturated heterocycles. The highest BCUT2D eigenvalue weighted by Gasteiger charge is 2.97. The van der Waals surface area contributed by atoms with Crippen molar-refractivity contribution in [3.8, 4) is 0 Å². The monoisotopic (exact) mass is 656 g/mol. The standard InChI is InChI=1S/C16H5BrF20/c17-6-4-2-1-3-5(6)7(18)8(19,20)9(21,22)10(23,24)11(25,26)12(27,28)13(29,30)14(31,32)15(33,34)16(35,36)37/h1-4,7H. The van der Waals surface area contributed by atoms with Crippen molar-refractivity contribution < 1.29 is 87.8 Å². The summed E-state index contributed by atoms with van der Waals surface area (Å²) in [5.41, 5.74) is -1.75. The Kier molecular flexibility index (Phi) is 8.03. The van der Waals surface area contributed by atoms with E-state index in [-0.39, 0.29) is 6.07 Å². The molecule has 0 aliphatic heterocycles. The zero-order chi connectivity index (χ0) is 30.1. The molecule has 37 heavy (non-hydrogen) atoms. The molecule has 1 aromatic carbocycles. The van der Waals surface area contributed by atoms with Gasteiger partial charge in [0.05, 0.1) is 0 Å². The summed E-state index contributed by atoms with van der Waals surface area (Å²) in [6.07, 6.45) is -12.8. The van der Waals surface area contributed by atoms with E-state index in [9.17, 15) is 87.8 Å². The molecular weight excluding hydrogens is 652 g/mol. The number of halogens is 21. The molecule has 1 atom stereocenters. The molecule has 0 nitrogen and oxygen atoms in total. The average molecular weight is 657 g/mol. The average Bonchev–Trinajstić information content (AvgIpc) is 2.71. The molecule has 1 aromatic rings. The molecule has 0 amide bonds. The molecule has 0 fully saturated rings. The van der Waals surface area contributed by atoms with Gasteiger partial charge in [-0.25, -0.2) is 4.39 Å². The second-order valence-electron chi connectivity index (χ2n) is 7.03. The molecule has 0 aromatic heterocycles. The van der Waals surface area contributed by atoms with Gasteiger partial charge in [0.2, 0.25) is 0 Å². The molecular formula is C16H5BrF20. The summed E-state index contributed by atoms with van der Waals surface area (Å²) in [4.78, 5) is 0. The van der Waals surface area contributed by atoms with Crippen molar-refractivity contribution in [2.75, 3.05) is 0 Å². The van der Waals surface area contributed by atoms with Gasteiger partial charge in [0.1, 0.15) is 0 Å². The maximum absolute atomic E-state index is 14.1. The molecule has 1 rings (SSSR count). The first-order valence-electron chi connectivity index (χ1n) is 8.40. The first-order chi connectivity index (χ1) is 15.9. The third kappa shape index (κ3) is 4.29. The van der Waals surface area contributed by atoms with Gasteiger partial charge in [0.25, 0.3) is 0 Å². The Balaban J connectivity index is 3.76. The molecule has 0 spiro atoms. The lowest BCUT2D eigenvalue weighted by Gasteiger charge is -2.44. The third-order valence-electron chi connectivity index (χ3n) is 4.64. The van der Waals surface area contributed by atoms with Crippen molar-refractivity contribution in [1.29, 1.82) is 0 Å². The SMILES string of the molecule is FC(c1ccccc1Br)C(F)(F)C(F)(F)C(F)(F)C(F)(F)C(F)(F)C(F)(F)C(F)(F)C(F)(F)C(F)(F)F. The summed E-state index contributed by atoms with van der Waals surface area (Å²) in [6.45, 7) is 0. The van der Waals surface area contributed by atoms with Crippen LogP contribution in [0.25, 0.3) is 0 Å². The van der Waals surface area contributed by atoms with Crippen LogP contribution in [0.4, 0.5) is 87.8 Å². The Morgan fingerprint density at radius 3 is 1.08 bits per heavy atom. The van der Waals surface area contributed by atoms with E-state index in [1.165, 1.54) is 0 Å². The van der Waals surface area contributed by atoms with Crippen LogP contribution >= 0.6 is 15.9 Å². The van der Waals surface area contributed by atoms with Crippen molar-refractivity contribution in [3.05, 3.63) is 34.3 Å². The number of alkyl halides is 20. The molecule has 0 aliphatic carbocycles. The minimum Gasteiger partial charge on any atom is -0.235 e. The van der Waals surface area contributed by atoms with Gasteiger partial charge >= 0.3 is 53.6 Å². The number of rotatable bonds is 9. The number of hydrogen-bond acceptors (Lipinski definition) is 0. The fraction of sp³-hybridized carbons (Fsp3) is 0.625. The molecule has 216 valence electrons. The number of hydrogen-bond donors (Lipinski definition) is 0. The van der Waals surface area contributed by atoms with Crippen molar-refractivity contribution in [1.82, 2.24) is 0 Å². The molecule has 0 bridgehead atoms. The quantitative estimate of drug-likeness (QED) is 0.233. The Morgan fingerprint density at radius 1 is 0.459 bits per heavy atom. The van der Waals surface area contributed by atoms with Crippen LogP contribution in [0.1, 0.15) is 11.7 Å². The lowest BCUT2D eigenvalue weighted by atomic mass is 9.86. The van der Waals surface area contributed by atoms with Crippen LogP contribution in [0, 0.1) is 0 Å². The van der Waals surface area contributed by atoms with Crippen LogP contribution in [0.5, 0.6) is 0 Å². The van der Waals surface area contributed by atoms with Gasteiger partial charge in [-0.2, -0.15) is 83.4 Å². The van der Waals surface area contributed by atoms with E-state index in [1.54, 1.807) is 0 Å². The van der Waals surface area contributed by atoms with Crippen molar-refractivity contribution in [2.45, 2.75) is 59.7 Å². The second-order valence-corrected chi connectivity index (χ2v) is 7.88. The molecule has 0 radical (unpaired) electrons. The van der Waals surface area contributed by atoms with Crippen LogP contribution < -0.4 is 0 Å². The topological polar surface area (TPSA) is 0 Å². The molecule has 1 unspecified atom stereocenters. The molecule has 21 heteroatoms. The van der Waals surface area contributed by atoms with Gasteiger partial charge in [-0.15, -0.1) is 0 Å². The summed E-state index contributed by atoms with van der Waals surface area (Å²) in [6, 6.07) is 2.11. The summed E-state index contributed by atoms with van der Waals surface area (Å²) in [5.74, 6) is -68.4. The van der Waals surface area contributed by atoms with E-state index in [0.29, 0.717) is 12.1 Å². The van der Waals surface area contributed by atoms with Gasteiger partial charge < -0.3 is 0 Å². The molecule has 0 saturated carbocycles. The largest absolute Gasteiger partial charge is 0.460 e. The van der Waals surface area contributed by atoms with E-state index in [0.717, 1.165) is 6.07 Å². The lowest BCUT2D eigenvalue weighted by Crippen LogP contribution is -2.76. The van der Waals surface area contributed by atoms with Gasteiger partial charge in [0.15, 0.2) is 6.17 Å². The Hall–Kier alpha value is -1.70. The summed E-state index contributed by atoms with van der Waals surface area (Å²) in [5, 5.41) is 0. The predicted octanol–water partition coefficient (Wildman–Crippen LogP) is 9.10. The Morgan fingerprint density at radius 2 is 0.757 bits per heavy atom. The van der Waals surface area contributed by atoms with Crippen molar-refractivity contribution >= 4 is 15.9 Å². The fourth-order valence-electron chi connectivity index (χ4n) is 2.41. The van der Waals surface area contributed by atoms with Crippen LogP contribution in [-0.4, -0.2) is 53.6 Å². The van der Waals surface area contributed by atoms with Crippen LogP contribution in [-0.2, 0) is 0 Å². The molecule has 0 N–H and O–H groups in total. The van der Waals surface area contributed by atoms with Gasteiger partial charge in [0, 0.05) is 10.0 Å². The highest BCUT2D eigenvalue weighted by atomic mass is 79.9. The maximum Gasteiger partial charge on any atom is 0.460 e. The molecule has 0 aliphatic rings. The van der Waals surface area contributed by atoms with Crippen LogP contribution in [0.2, 0.25) is 0 Å². The fourth-order valence-corrected chi connectivity index (χ4v) is 2.89. The van der Waals surface area contributed by atoms with Crippen molar-refractivity contribution in [3.63, 3.8) is 0 Å².